The van der Waals surface area contributed by atoms with Crippen molar-refractivity contribution in [2.75, 3.05) is 18.6 Å². The number of hydrogen-bond acceptors (Lipinski definition) is 3. The Morgan fingerprint density at radius 2 is 1.96 bits per heavy atom. The third-order valence-electron chi connectivity index (χ3n) is 5.10. The van der Waals surface area contributed by atoms with Gasteiger partial charge in [-0.15, -0.1) is 12.4 Å². The zero-order chi connectivity index (χ0) is 16.7. The van der Waals surface area contributed by atoms with Crippen LogP contribution in [0, 0.1) is 6.92 Å². The third-order valence-corrected chi connectivity index (χ3v) is 5.74. The van der Waals surface area contributed by atoms with Gasteiger partial charge in [-0.05, 0) is 49.3 Å². The van der Waals surface area contributed by atoms with Crippen molar-refractivity contribution in [2.24, 2.45) is 5.73 Å². The van der Waals surface area contributed by atoms with Crippen LogP contribution in [0.25, 0.3) is 0 Å². The SMILES string of the molecule is CSCC[C@H](N)C(=O)NCC1(c2ccccc2C)CCCCC1.Cl. The fourth-order valence-electron chi connectivity index (χ4n) is 3.70. The largest absolute Gasteiger partial charge is 0.354 e. The first-order chi connectivity index (χ1) is 11.1. The number of halogens is 1. The Kier molecular flexibility index (Phi) is 9.17. The minimum absolute atomic E-state index is 0. The predicted octanol–water partition coefficient (Wildman–Crippen LogP) is 3.82. The van der Waals surface area contributed by atoms with Gasteiger partial charge < -0.3 is 11.1 Å². The molecule has 136 valence electrons. The standard InChI is InChI=1S/C19H30N2OS.ClH/c1-15-8-4-5-9-16(15)19(11-6-3-7-12-19)14-21-18(22)17(20)10-13-23-2;/h4-5,8-9,17H,3,6-7,10-14,20H2,1-2H3,(H,21,22);1H/t17-;/m0./s1. The van der Waals surface area contributed by atoms with Gasteiger partial charge in [-0.1, -0.05) is 43.5 Å². The maximum absolute atomic E-state index is 12.3. The van der Waals surface area contributed by atoms with E-state index >= 15 is 0 Å². The highest BCUT2D eigenvalue weighted by atomic mass is 35.5. The first-order valence-electron chi connectivity index (χ1n) is 8.67. The van der Waals surface area contributed by atoms with Crippen molar-refractivity contribution in [1.29, 1.82) is 0 Å². The average Bonchev–Trinajstić information content (AvgIpc) is 2.58. The van der Waals surface area contributed by atoms with E-state index in [-0.39, 0.29) is 29.8 Å². The lowest BCUT2D eigenvalue weighted by Gasteiger charge is -2.39. The second kappa shape index (κ2) is 10.3. The molecule has 1 fully saturated rings. The number of aryl methyl sites for hydroxylation is 1. The van der Waals surface area contributed by atoms with Crippen LogP contribution >= 0.6 is 24.2 Å². The molecule has 0 unspecified atom stereocenters. The lowest BCUT2D eigenvalue weighted by atomic mass is 9.68. The summed E-state index contributed by atoms with van der Waals surface area (Å²) < 4.78 is 0. The molecule has 1 aliphatic carbocycles. The normalized spacial score (nSPS) is 17.6. The van der Waals surface area contributed by atoms with Gasteiger partial charge in [0.2, 0.25) is 5.91 Å². The minimum atomic E-state index is -0.389. The quantitative estimate of drug-likeness (QED) is 0.767. The van der Waals surface area contributed by atoms with Gasteiger partial charge in [0.25, 0.3) is 0 Å². The van der Waals surface area contributed by atoms with Gasteiger partial charge in [0.1, 0.15) is 0 Å². The predicted molar refractivity (Wildman–Crippen MR) is 107 cm³/mol. The van der Waals surface area contributed by atoms with Crippen molar-refractivity contribution >= 4 is 30.1 Å². The van der Waals surface area contributed by atoms with Crippen molar-refractivity contribution in [1.82, 2.24) is 5.32 Å². The summed E-state index contributed by atoms with van der Waals surface area (Å²) >= 11 is 1.73. The highest BCUT2D eigenvalue weighted by Crippen LogP contribution is 2.40. The van der Waals surface area contributed by atoms with Crippen molar-refractivity contribution in [3.05, 3.63) is 35.4 Å². The molecule has 0 saturated heterocycles. The molecule has 3 nitrogen and oxygen atoms in total. The molecule has 0 radical (unpaired) electrons. The van der Waals surface area contributed by atoms with E-state index in [0.29, 0.717) is 6.54 Å². The van der Waals surface area contributed by atoms with Crippen LogP contribution in [0.4, 0.5) is 0 Å². The summed E-state index contributed by atoms with van der Waals surface area (Å²) in [4.78, 5) is 12.3. The number of nitrogens with two attached hydrogens (primary N) is 1. The molecule has 1 aliphatic rings. The molecule has 1 aromatic rings. The molecule has 3 N–H and O–H groups in total. The molecule has 0 aliphatic heterocycles. The molecule has 24 heavy (non-hydrogen) atoms. The highest BCUT2D eigenvalue weighted by molar-refractivity contribution is 7.98. The van der Waals surface area contributed by atoms with Gasteiger partial charge in [-0.2, -0.15) is 11.8 Å². The van der Waals surface area contributed by atoms with Gasteiger partial charge in [0, 0.05) is 12.0 Å². The minimum Gasteiger partial charge on any atom is -0.354 e. The third kappa shape index (κ3) is 5.40. The van der Waals surface area contributed by atoms with Crippen LogP contribution in [-0.2, 0) is 10.2 Å². The number of thioether (sulfide) groups is 1. The van der Waals surface area contributed by atoms with Gasteiger partial charge in [-0.3, -0.25) is 4.79 Å². The lowest BCUT2D eigenvalue weighted by molar-refractivity contribution is -0.122. The fraction of sp³-hybridized carbons (Fsp3) is 0.632. The van der Waals surface area contributed by atoms with E-state index in [4.69, 9.17) is 5.73 Å². The summed E-state index contributed by atoms with van der Waals surface area (Å²) in [7, 11) is 0. The maximum Gasteiger partial charge on any atom is 0.236 e. The number of rotatable bonds is 7. The van der Waals surface area contributed by atoms with Crippen LogP contribution in [0.2, 0.25) is 0 Å². The van der Waals surface area contributed by atoms with Gasteiger partial charge in [-0.25, -0.2) is 0 Å². The summed E-state index contributed by atoms with van der Waals surface area (Å²) in [6.07, 6.45) is 8.86. The van der Waals surface area contributed by atoms with E-state index in [9.17, 15) is 4.79 Å². The van der Waals surface area contributed by atoms with Crippen LogP contribution in [-0.4, -0.2) is 30.5 Å². The second-order valence-electron chi connectivity index (χ2n) is 6.76. The second-order valence-corrected chi connectivity index (χ2v) is 7.75. The molecular weight excluding hydrogens is 340 g/mol. The fourth-order valence-corrected chi connectivity index (χ4v) is 4.19. The first kappa shape index (κ1) is 21.3. The van der Waals surface area contributed by atoms with Crippen molar-refractivity contribution in [2.45, 2.75) is 56.9 Å². The summed E-state index contributed by atoms with van der Waals surface area (Å²) in [5, 5.41) is 3.15. The van der Waals surface area contributed by atoms with Crippen molar-refractivity contribution in [3.63, 3.8) is 0 Å². The molecule has 0 spiro atoms. The Hall–Kier alpha value is -0.710. The number of amides is 1. The molecule has 5 heteroatoms. The monoisotopic (exact) mass is 370 g/mol. The van der Waals surface area contributed by atoms with Crippen LogP contribution in [0.3, 0.4) is 0 Å². The van der Waals surface area contributed by atoms with Gasteiger partial charge in [0.05, 0.1) is 6.04 Å². The molecule has 0 aromatic heterocycles. The van der Waals surface area contributed by atoms with Gasteiger partial charge >= 0.3 is 0 Å². The van der Waals surface area contributed by atoms with E-state index in [0.717, 1.165) is 25.0 Å². The molecule has 1 amide bonds. The summed E-state index contributed by atoms with van der Waals surface area (Å²) in [6, 6.07) is 8.23. The van der Waals surface area contributed by atoms with E-state index in [2.05, 4.69) is 36.5 Å². The summed E-state index contributed by atoms with van der Waals surface area (Å²) in [5.74, 6) is 0.926. The number of benzene rings is 1. The van der Waals surface area contributed by atoms with Crippen LogP contribution in [0.5, 0.6) is 0 Å². The van der Waals surface area contributed by atoms with E-state index in [1.807, 2.05) is 6.26 Å². The Labute approximate surface area is 156 Å². The molecule has 0 heterocycles. The van der Waals surface area contributed by atoms with E-state index in [1.165, 1.54) is 30.4 Å². The Morgan fingerprint density at radius 1 is 1.29 bits per heavy atom. The molecular formula is C19H31ClN2OS. The zero-order valence-corrected chi connectivity index (χ0v) is 16.5. The van der Waals surface area contributed by atoms with E-state index in [1.54, 1.807) is 11.8 Å². The number of nitrogens with one attached hydrogen (secondary N) is 1. The van der Waals surface area contributed by atoms with Crippen molar-refractivity contribution in [3.8, 4) is 0 Å². The Balaban J connectivity index is 0.00000288. The molecule has 1 saturated carbocycles. The number of carbonyl (C=O) groups is 1. The Bertz CT molecular complexity index is 518. The molecule has 0 bridgehead atoms. The number of carbonyl (C=O) groups excluding carboxylic acids is 1. The topological polar surface area (TPSA) is 55.1 Å². The molecule has 1 atom stereocenters. The summed E-state index contributed by atoms with van der Waals surface area (Å²) in [5.41, 5.74) is 8.82. The van der Waals surface area contributed by atoms with Crippen LogP contribution in [0.15, 0.2) is 24.3 Å². The zero-order valence-electron chi connectivity index (χ0n) is 14.8. The average molecular weight is 371 g/mol. The Morgan fingerprint density at radius 3 is 2.58 bits per heavy atom. The van der Waals surface area contributed by atoms with Crippen LogP contribution < -0.4 is 11.1 Å². The molecule has 2 rings (SSSR count). The van der Waals surface area contributed by atoms with Gasteiger partial charge in [0.15, 0.2) is 0 Å². The molecule has 1 aromatic carbocycles. The number of hydrogen-bond donors (Lipinski definition) is 2. The summed E-state index contributed by atoms with van der Waals surface area (Å²) in [6.45, 7) is 2.89. The van der Waals surface area contributed by atoms with E-state index < -0.39 is 0 Å². The smallest absolute Gasteiger partial charge is 0.236 e. The lowest BCUT2D eigenvalue weighted by Crippen LogP contribution is -2.48. The highest BCUT2D eigenvalue weighted by Gasteiger charge is 2.35. The first-order valence-corrected chi connectivity index (χ1v) is 10.1. The van der Waals surface area contributed by atoms with Crippen LogP contribution in [0.1, 0.15) is 49.7 Å². The maximum atomic E-state index is 12.3. The van der Waals surface area contributed by atoms with Crippen molar-refractivity contribution < 1.29 is 4.79 Å².